The van der Waals surface area contributed by atoms with Crippen molar-refractivity contribution in [1.29, 1.82) is 5.26 Å². The number of hydrogen-bond acceptors (Lipinski definition) is 6. The van der Waals surface area contributed by atoms with Crippen LogP contribution < -0.4 is 10.1 Å². The molecule has 1 aromatic rings. The van der Waals surface area contributed by atoms with Crippen LogP contribution in [0.4, 0.5) is 0 Å². The average molecular weight is 359 g/mol. The normalized spacial score (nSPS) is 20.9. The summed E-state index contributed by atoms with van der Waals surface area (Å²) in [7, 11) is 0. The maximum Gasteiger partial charge on any atom is 0.258 e. The molecular weight excluding hydrogens is 334 g/mol. The second kappa shape index (κ2) is 7.60. The number of nitrogens with zero attached hydrogens (tertiary/aromatic N) is 2. The van der Waals surface area contributed by atoms with E-state index in [-0.39, 0.29) is 30.1 Å². The minimum atomic E-state index is -0.345. The zero-order valence-corrected chi connectivity index (χ0v) is 15.6. The summed E-state index contributed by atoms with van der Waals surface area (Å²) in [5, 5.41) is 12.4. The van der Waals surface area contributed by atoms with Crippen molar-refractivity contribution in [3.05, 3.63) is 22.4 Å². The summed E-state index contributed by atoms with van der Waals surface area (Å²) in [5.41, 5.74) is 2.67. The second-order valence-corrected chi connectivity index (χ2v) is 7.40. The molecule has 1 atom stereocenters. The van der Waals surface area contributed by atoms with Crippen LogP contribution in [0.3, 0.4) is 0 Å². The van der Waals surface area contributed by atoms with E-state index in [1.165, 1.54) is 0 Å². The average Bonchev–Trinajstić information content (AvgIpc) is 3.10. The zero-order valence-electron chi connectivity index (χ0n) is 15.6. The quantitative estimate of drug-likeness (QED) is 0.861. The lowest BCUT2D eigenvalue weighted by Gasteiger charge is -2.33. The van der Waals surface area contributed by atoms with Crippen molar-refractivity contribution in [2.24, 2.45) is 0 Å². The van der Waals surface area contributed by atoms with E-state index in [1.807, 2.05) is 20.8 Å². The first-order valence-corrected chi connectivity index (χ1v) is 8.97. The molecule has 3 rings (SSSR count). The lowest BCUT2D eigenvalue weighted by molar-refractivity contribution is -0.123. The number of aromatic nitrogens is 1. The van der Waals surface area contributed by atoms with E-state index in [4.69, 9.17) is 14.2 Å². The summed E-state index contributed by atoms with van der Waals surface area (Å²) in [6.45, 7) is 7.34. The van der Waals surface area contributed by atoms with Gasteiger partial charge in [-0.05, 0) is 39.2 Å². The van der Waals surface area contributed by atoms with Gasteiger partial charge in [-0.1, -0.05) is 0 Å². The Labute approximate surface area is 153 Å². The van der Waals surface area contributed by atoms with Gasteiger partial charge >= 0.3 is 0 Å². The standard InChI is InChI=1S/C19H25N3O4/c1-12-16-10-26-19(2,3)7-14(16)15(8-20)18(22-12)25-11-17(23)21-9-13-5-4-6-24-13/h13H,4-7,9-11H2,1-3H3,(H,21,23). The lowest BCUT2D eigenvalue weighted by Crippen LogP contribution is -2.35. The van der Waals surface area contributed by atoms with E-state index >= 15 is 0 Å². The molecule has 0 aliphatic carbocycles. The molecule has 3 heterocycles. The number of nitrogens with one attached hydrogen (secondary N) is 1. The maximum absolute atomic E-state index is 12.0. The fourth-order valence-corrected chi connectivity index (χ4v) is 3.34. The van der Waals surface area contributed by atoms with Gasteiger partial charge in [0.05, 0.1) is 18.3 Å². The van der Waals surface area contributed by atoms with Gasteiger partial charge in [0, 0.05) is 30.8 Å². The number of pyridine rings is 1. The summed E-state index contributed by atoms with van der Waals surface area (Å²) in [6.07, 6.45) is 2.68. The highest BCUT2D eigenvalue weighted by molar-refractivity contribution is 5.77. The van der Waals surface area contributed by atoms with Crippen LogP contribution in [0, 0.1) is 18.3 Å². The summed E-state index contributed by atoms with van der Waals surface area (Å²) in [4.78, 5) is 16.4. The van der Waals surface area contributed by atoms with Gasteiger partial charge < -0.3 is 19.5 Å². The van der Waals surface area contributed by atoms with Gasteiger partial charge in [0.1, 0.15) is 11.6 Å². The highest BCUT2D eigenvalue weighted by atomic mass is 16.5. The zero-order chi connectivity index (χ0) is 18.7. The third-order valence-corrected chi connectivity index (χ3v) is 4.80. The molecule has 1 aromatic heterocycles. The molecule has 1 saturated heterocycles. The number of hydrogen-bond donors (Lipinski definition) is 1. The number of carbonyl (C=O) groups excluding carboxylic acids is 1. The minimum absolute atomic E-state index is 0.0833. The Balaban J connectivity index is 1.69. The van der Waals surface area contributed by atoms with Crippen molar-refractivity contribution in [1.82, 2.24) is 10.3 Å². The topological polar surface area (TPSA) is 93.5 Å². The largest absolute Gasteiger partial charge is 0.467 e. The fourth-order valence-electron chi connectivity index (χ4n) is 3.34. The van der Waals surface area contributed by atoms with E-state index in [1.54, 1.807) is 0 Å². The summed E-state index contributed by atoms with van der Waals surface area (Å²) < 4.78 is 16.9. The van der Waals surface area contributed by atoms with E-state index in [9.17, 15) is 10.1 Å². The minimum Gasteiger partial charge on any atom is -0.467 e. The van der Waals surface area contributed by atoms with Crippen LogP contribution in [0.2, 0.25) is 0 Å². The van der Waals surface area contributed by atoms with Crippen molar-refractivity contribution in [3.63, 3.8) is 0 Å². The molecule has 2 aliphatic rings. The lowest BCUT2D eigenvalue weighted by atomic mass is 9.88. The predicted octanol–water partition coefficient (Wildman–Crippen LogP) is 1.79. The third-order valence-electron chi connectivity index (χ3n) is 4.80. The van der Waals surface area contributed by atoms with Gasteiger partial charge in [-0.2, -0.15) is 5.26 Å². The van der Waals surface area contributed by atoms with Crippen molar-refractivity contribution in [2.75, 3.05) is 19.8 Å². The Morgan fingerprint density at radius 3 is 2.96 bits per heavy atom. The Morgan fingerprint density at radius 1 is 1.46 bits per heavy atom. The number of aryl methyl sites for hydroxylation is 1. The Kier molecular flexibility index (Phi) is 5.44. The van der Waals surface area contributed by atoms with Crippen LogP contribution in [-0.4, -0.2) is 42.4 Å². The Morgan fingerprint density at radius 2 is 2.27 bits per heavy atom. The number of carbonyl (C=O) groups is 1. The summed E-state index contributed by atoms with van der Waals surface area (Å²) in [6, 6.07) is 2.19. The van der Waals surface area contributed by atoms with Gasteiger partial charge in [0.15, 0.2) is 6.61 Å². The number of ether oxygens (including phenoxy) is 3. The fraction of sp³-hybridized carbons (Fsp3) is 0.632. The van der Waals surface area contributed by atoms with E-state index in [0.717, 1.165) is 36.3 Å². The number of amides is 1. The molecule has 0 bridgehead atoms. The molecule has 1 unspecified atom stereocenters. The smallest absolute Gasteiger partial charge is 0.258 e. The Hall–Kier alpha value is -2.17. The molecule has 7 nitrogen and oxygen atoms in total. The van der Waals surface area contributed by atoms with Crippen LogP contribution >= 0.6 is 0 Å². The van der Waals surface area contributed by atoms with E-state index in [2.05, 4.69) is 16.4 Å². The van der Waals surface area contributed by atoms with Crippen molar-refractivity contribution < 1.29 is 19.0 Å². The van der Waals surface area contributed by atoms with Crippen LogP contribution in [0.25, 0.3) is 0 Å². The van der Waals surface area contributed by atoms with Crippen molar-refractivity contribution in [2.45, 2.75) is 58.3 Å². The molecular formula is C19H25N3O4. The van der Waals surface area contributed by atoms with E-state index < -0.39 is 0 Å². The van der Waals surface area contributed by atoms with E-state index in [0.29, 0.717) is 25.1 Å². The van der Waals surface area contributed by atoms with Crippen LogP contribution in [0.1, 0.15) is 49.1 Å². The summed E-state index contributed by atoms with van der Waals surface area (Å²) in [5.74, 6) is -0.0288. The molecule has 2 aliphatic heterocycles. The Bertz CT molecular complexity index is 733. The van der Waals surface area contributed by atoms with Crippen LogP contribution in [0.15, 0.2) is 0 Å². The molecule has 1 amide bonds. The molecule has 0 aromatic carbocycles. The monoisotopic (exact) mass is 359 g/mol. The van der Waals surface area contributed by atoms with Crippen LogP contribution in [0.5, 0.6) is 5.88 Å². The highest BCUT2D eigenvalue weighted by Crippen LogP contribution is 2.34. The highest BCUT2D eigenvalue weighted by Gasteiger charge is 2.31. The maximum atomic E-state index is 12.0. The number of rotatable bonds is 5. The third kappa shape index (κ3) is 4.14. The van der Waals surface area contributed by atoms with Gasteiger partial charge in [0.25, 0.3) is 5.91 Å². The van der Waals surface area contributed by atoms with Gasteiger partial charge in [-0.15, -0.1) is 0 Å². The molecule has 7 heteroatoms. The van der Waals surface area contributed by atoms with Gasteiger partial charge in [-0.25, -0.2) is 4.98 Å². The molecule has 26 heavy (non-hydrogen) atoms. The number of nitriles is 1. The van der Waals surface area contributed by atoms with Gasteiger partial charge in [-0.3, -0.25) is 4.79 Å². The van der Waals surface area contributed by atoms with Crippen LogP contribution in [-0.2, 0) is 27.3 Å². The molecule has 0 spiro atoms. The SMILES string of the molecule is Cc1nc(OCC(=O)NCC2CCCO2)c(C#N)c2c1COC(C)(C)C2. The van der Waals surface area contributed by atoms with Crippen molar-refractivity contribution in [3.8, 4) is 11.9 Å². The first-order valence-electron chi connectivity index (χ1n) is 8.97. The molecule has 140 valence electrons. The molecule has 0 saturated carbocycles. The first kappa shape index (κ1) is 18.6. The summed E-state index contributed by atoms with van der Waals surface area (Å²) >= 11 is 0. The first-order chi connectivity index (χ1) is 12.4. The molecule has 1 N–H and O–H groups in total. The van der Waals surface area contributed by atoms with Crippen molar-refractivity contribution >= 4 is 5.91 Å². The number of fused-ring (bicyclic) bond motifs is 1. The molecule has 1 fully saturated rings. The second-order valence-electron chi connectivity index (χ2n) is 7.40. The predicted molar refractivity (Wildman–Crippen MR) is 93.7 cm³/mol. The van der Waals surface area contributed by atoms with Gasteiger partial charge in [0.2, 0.25) is 5.88 Å². The molecule has 0 radical (unpaired) electrons.